The van der Waals surface area contributed by atoms with Crippen molar-refractivity contribution in [1.82, 2.24) is 0 Å². The van der Waals surface area contributed by atoms with E-state index in [9.17, 15) is 28.8 Å². The molecule has 0 bridgehead atoms. The average Bonchev–Trinajstić information content (AvgIpc) is 2.68. The van der Waals surface area contributed by atoms with E-state index in [1.807, 2.05) is 0 Å². The van der Waals surface area contributed by atoms with Gasteiger partial charge in [0, 0.05) is 60.4 Å². The van der Waals surface area contributed by atoms with Crippen LogP contribution >= 0.6 is 0 Å². The van der Waals surface area contributed by atoms with Crippen LogP contribution in [0, 0.1) is 0 Å². The van der Waals surface area contributed by atoms with Crippen LogP contribution in [0.3, 0.4) is 0 Å². The Morgan fingerprint density at radius 2 is 0.706 bits per heavy atom. The van der Waals surface area contributed by atoms with E-state index >= 15 is 0 Å². The fraction of sp³-hybridized carbons (Fsp3) is 0.714. The Hall–Kier alpha value is -2.18. The van der Waals surface area contributed by atoms with Gasteiger partial charge in [-0.3, -0.25) is 14.4 Å². The van der Waals surface area contributed by atoms with Gasteiger partial charge < -0.3 is 44.5 Å². The largest absolute Gasteiger partial charge is 3.00 e. The molecule has 0 spiro atoms. The fourth-order valence-electron chi connectivity index (χ4n) is 1.59. The first kappa shape index (κ1) is 39.1. The number of Topliss-reactive ketones (excluding diaryl/α,β-unsaturated/α-hetero) is 3. The van der Waals surface area contributed by atoms with Crippen LogP contribution < -0.4 is 0 Å². The molecule has 0 atom stereocenters. The third-order valence-corrected chi connectivity index (χ3v) is 2.95. The Morgan fingerprint density at radius 1 is 0.500 bits per heavy atom. The van der Waals surface area contributed by atoms with Crippen LogP contribution in [0.2, 0.25) is 0 Å². The summed E-state index contributed by atoms with van der Waals surface area (Å²) in [6, 6.07) is 0. The summed E-state index contributed by atoms with van der Waals surface area (Å²) >= 11 is 0. The number of amides is 3. The number of rotatable bonds is 15. The number of ether oxygens (including phenoxy) is 3. The van der Waals surface area contributed by atoms with Crippen LogP contribution in [0.1, 0.15) is 40.0 Å². The number of hydrogen-bond acceptors (Lipinski definition) is 9. The zero-order valence-electron chi connectivity index (χ0n) is 20.7. The molecule has 3 amide bonds. The summed E-state index contributed by atoms with van der Waals surface area (Å²) in [5, 5.41) is 10.7. The Bertz CT molecular complexity index is 521. The van der Waals surface area contributed by atoms with Crippen molar-refractivity contribution in [2.75, 3.05) is 60.8 Å². The third kappa shape index (κ3) is 40.2. The van der Waals surface area contributed by atoms with Gasteiger partial charge in [0.05, 0.1) is 17.7 Å². The molecule has 0 aliphatic carbocycles. The van der Waals surface area contributed by atoms with Gasteiger partial charge in [-0.05, 0) is 20.8 Å². The molecule has 0 saturated carbocycles. The van der Waals surface area contributed by atoms with E-state index < -0.39 is 0 Å². The zero-order valence-corrected chi connectivity index (χ0v) is 21.8. The normalized spacial score (nSPS) is 9.00. The molecule has 0 fully saturated rings. The van der Waals surface area contributed by atoms with Crippen LogP contribution in [-0.4, -0.2) is 95.9 Å². The number of carbonyl (C=O) groups is 6. The molecule has 0 heterocycles. The predicted molar refractivity (Wildman–Crippen MR) is 121 cm³/mol. The number of methoxy groups -OCH3 is 3. The Labute approximate surface area is 212 Å². The van der Waals surface area contributed by atoms with Gasteiger partial charge in [-0.25, -0.2) is 0 Å². The minimum Gasteiger partial charge on any atom is -0.651 e. The average molecular weight is 530 g/mol. The molecular formula is C21H36FeN3O9. The Balaban J connectivity index is -0.000000196. The molecule has 0 saturated heterocycles. The molecule has 0 N–H and O–H groups in total. The molecule has 0 aromatic rings. The summed E-state index contributed by atoms with van der Waals surface area (Å²) < 4.78 is 14.0. The first-order chi connectivity index (χ1) is 15.5. The van der Waals surface area contributed by atoms with Gasteiger partial charge >= 0.3 is 17.1 Å². The van der Waals surface area contributed by atoms with Crippen molar-refractivity contribution in [2.24, 2.45) is 0 Å². The van der Waals surface area contributed by atoms with Crippen molar-refractivity contribution in [3.05, 3.63) is 16.0 Å². The van der Waals surface area contributed by atoms with Crippen LogP contribution in [0.4, 0.5) is 0 Å². The topological polar surface area (TPSA) is 172 Å². The number of nitrogens with zero attached hydrogens (tertiary/aromatic N) is 3. The second kappa shape index (κ2) is 28.9. The second-order valence-corrected chi connectivity index (χ2v) is 6.44. The number of ketones is 3. The van der Waals surface area contributed by atoms with E-state index in [4.69, 9.17) is 0 Å². The molecule has 13 heteroatoms. The minimum atomic E-state index is -0.366. The van der Waals surface area contributed by atoms with E-state index in [-0.39, 0.29) is 71.4 Å². The molecule has 1 radical (unpaired) electrons. The molecule has 34 heavy (non-hydrogen) atoms. The van der Waals surface area contributed by atoms with E-state index in [0.29, 0.717) is 39.5 Å². The number of hydrogen-bond donors (Lipinski definition) is 0. The molecule has 0 aromatic heterocycles. The first-order valence-corrected chi connectivity index (χ1v) is 10.1. The number of carbonyl (C=O) groups excluding carboxylic acids is 6. The van der Waals surface area contributed by atoms with Crippen LogP contribution in [0.25, 0.3) is 16.0 Å². The van der Waals surface area contributed by atoms with E-state index in [1.165, 1.54) is 42.1 Å². The summed E-state index contributed by atoms with van der Waals surface area (Å²) in [6.45, 7) is 6.36. The van der Waals surface area contributed by atoms with Crippen LogP contribution in [0.15, 0.2) is 0 Å². The summed E-state index contributed by atoms with van der Waals surface area (Å²) in [5.74, 6) is -1.57. The first-order valence-electron chi connectivity index (χ1n) is 10.1. The van der Waals surface area contributed by atoms with Gasteiger partial charge in [0.1, 0.15) is 17.3 Å². The maximum Gasteiger partial charge on any atom is 3.00 e. The summed E-state index contributed by atoms with van der Waals surface area (Å²) in [7, 11) is 4.60. The monoisotopic (exact) mass is 530 g/mol. The van der Waals surface area contributed by atoms with Gasteiger partial charge in [0.2, 0.25) is 0 Å². The molecule has 197 valence electrons. The smallest absolute Gasteiger partial charge is 0.651 e. The van der Waals surface area contributed by atoms with Crippen molar-refractivity contribution in [3.8, 4) is 0 Å². The molecular weight excluding hydrogens is 494 g/mol. The van der Waals surface area contributed by atoms with Crippen molar-refractivity contribution >= 4 is 35.1 Å². The van der Waals surface area contributed by atoms with Crippen LogP contribution in [0.5, 0.6) is 0 Å². The Morgan fingerprint density at radius 3 is 0.853 bits per heavy atom. The third-order valence-electron chi connectivity index (χ3n) is 2.95. The predicted octanol–water partition coefficient (Wildman–Crippen LogP) is 1.53. The summed E-state index contributed by atoms with van der Waals surface area (Å²) in [4.78, 5) is 63.2. The SMILES string of the molecule is COCC[N-]C(=O)CC(C)=O.COCC[N-]C(=O)CC(C)=O.COCC[N-]C(=O)CC(C)=O.[Fe+3]. The standard InChI is InChI=1S/3C7H13NO3.Fe/c3*1-6(9)5-7(10)8-3-4-11-2;/h3*3-5H2,1-2H3,(H,8,10);/q;;;+3/p-3. The van der Waals surface area contributed by atoms with E-state index in [2.05, 4.69) is 30.2 Å². The zero-order chi connectivity index (χ0) is 26.1. The minimum absolute atomic E-state index is 0. The Kier molecular flexibility index (Phi) is 33.1. The van der Waals surface area contributed by atoms with Crippen molar-refractivity contribution in [3.63, 3.8) is 0 Å². The van der Waals surface area contributed by atoms with E-state index in [1.54, 1.807) is 0 Å². The molecule has 0 aliphatic rings. The molecule has 12 nitrogen and oxygen atoms in total. The van der Waals surface area contributed by atoms with Crippen molar-refractivity contribution < 1.29 is 60.0 Å². The summed E-state index contributed by atoms with van der Waals surface area (Å²) in [5.41, 5.74) is 0. The quantitative estimate of drug-likeness (QED) is 0.173. The second-order valence-electron chi connectivity index (χ2n) is 6.44. The molecule has 0 aromatic carbocycles. The molecule has 0 aliphatic heterocycles. The van der Waals surface area contributed by atoms with Crippen molar-refractivity contribution in [2.45, 2.75) is 40.0 Å². The van der Waals surface area contributed by atoms with E-state index in [0.717, 1.165) is 0 Å². The van der Waals surface area contributed by atoms with Gasteiger partial charge in [-0.15, -0.1) is 19.6 Å². The molecule has 0 unspecified atom stereocenters. The summed E-state index contributed by atoms with van der Waals surface area (Å²) in [6.07, 6.45) is -0.281. The maximum atomic E-state index is 10.7. The van der Waals surface area contributed by atoms with Gasteiger partial charge in [0.15, 0.2) is 0 Å². The maximum absolute atomic E-state index is 10.7. The van der Waals surface area contributed by atoms with Crippen molar-refractivity contribution in [1.29, 1.82) is 0 Å². The van der Waals surface area contributed by atoms with Gasteiger partial charge in [-0.1, -0.05) is 0 Å². The fourth-order valence-corrected chi connectivity index (χ4v) is 1.59. The van der Waals surface area contributed by atoms with Crippen LogP contribution in [-0.2, 0) is 60.0 Å². The van der Waals surface area contributed by atoms with Gasteiger partial charge in [0.25, 0.3) is 0 Å². The molecule has 0 rings (SSSR count). The van der Waals surface area contributed by atoms with Gasteiger partial charge in [-0.2, -0.15) is 0 Å².